The number of nitrogens with two attached hydrogens (primary N) is 1. The van der Waals surface area contributed by atoms with Crippen LogP contribution in [0.3, 0.4) is 0 Å². The van der Waals surface area contributed by atoms with Crippen LogP contribution in [-0.2, 0) is 0 Å². The fraction of sp³-hybridized carbons (Fsp3) is 0.0667. The highest BCUT2D eigenvalue weighted by Gasteiger charge is 2.14. The quantitative estimate of drug-likeness (QED) is 0.629. The first-order chi connectivity index (χ1) is 10.3. The Hall–Kier alpha value is -2.02. The van der Waals surface area contributed by atoms with E-state index in [9.17, 15) is 0 Å². The molecule has 0 amide bonds. The molecule has 0 aliphatic heterocycles. The number of aromatic nitrogens is 3. The smallest absolute Gasteiger partial charge is 0.154 e. The van der Waals surface area contributed by atoms with Crippen LogP contribution < -0.4 is 5.73 Å². The fourth-order valence-electron chi connectivity index (χ4n) is 2.27. The van der Waals surface area contributed by atoms with Crippen molar-refractivity contribution < 1.29 is 0 Å². The van der Waals surface area contributed by atoms with Gasteiger partial charge in [-0.1, -0.05) is 6.07 Å². The number of hydrogen-bond donors (Lipinski definition) is 1. The van der Waals surface area contributed by atoms with Gasteiger partial charge in [-0.15, -0.1) is 11.3 Å². The molecule has 0 aliphatic rings. The van der Waals surface area contributed by atoms with E-state index in [-0.39, 0.29) is 6.04 Å². The van der Waals surface area contributed by atoms with Gasteiger partial charge in [0.2, 0.25) is 0 Å². The Morgan fingerprint density at radius 3 is 2.86 bits per heavy atom. The second-order valence-corrected chi connectivity index (χ2v) is 6.44. The number of imidazole rings is 1. The van der Waals surface area contributed by atoms with Crippen molar-refractivity contribution in [2.45, 2.75) is 6.04 Å². The van der Waals surface area contributed by atoms with Gasteiger partial charge in [0.05, 0.1) is 23.6 Å². The maximum Gasteiger partial charge on any atom is 0.154 e. The summed E-state index contributed by atoms with van der Waals surface area (Å²) in [5, 5.41) is 10.9. The maximum absolute atomic E-state index is 6.31. The van der Waals surface area contributed by atoms with Crippen LogP contribution in [0.25, 0.3) is 16.9 Å². The highest BCUT2D eigenvalue weighted by Crippen LogP contribution is 2.25. The summed E-state index contributed by atoms with van der Waals surface area (Å²) in [5.41, 5.74) is 10.1. The number of fused-ring (bicyclic) bond motifs is 1. The summed E-state index contributed by atoms with van der Waals surface area (Å²) in [6.07, 6.45) is 1.85. The molecule has 6 heteroatoms. The van der Waals surface area contributed by atoms with E-state index in [1.54, 1.807) is 22.7 Å². The lowest BCUT2D eigenvalue weighted by Gasteiger charge is -2.09. The van der Waals surface area contributed by atoms with Crippen LogP contribution in [0.1, 0.15) is 16.6 Å². The Bertz CT molecular complexity index is 863. The second-order valence-electron chi connectivity index (χ2n) is 4.68. The summed E-state index contributed by atoms with van der Waals surface area (Å²) < 4.78 is 1.87. The molecule has 0 saturated heterocycles. The van der Waals surface area contributed by atoms with Crippen molar-refractivity contribution in [1.82, 2.24) is 14.6 Å². The lowest BCUT2D eigenvalue weighted by atomic mass is 10.2. The molecule has 1 unspecified atom stereocenters. The van der Waals surface area contributed by atoms with Crippen LogP contribution in [0.15, 0.2) is 52.7 Å². The Morgan fingerprint density at radius 1 is 1.14 bits per heavy atom. The molecule has 21 heavy (non-hydrogen) atoms. The summed E-state index contributed by atoms with van der Waals surface area (Å²) >= 11 is 3.31. The van der Waals surface area contributed by atoms with Crippen LogP contribution in [-0.4, -0.2) is 14.6 Å². The molecule has 1 atom stereocenters. The van der Waals surface area contributed by atoms with E-state index in [2.05, 4.69) is 26.9 Å². The monoisotopic (exact) mass is 312 g/mol. The summed E-state index contributed by atoms with van der Waals surface area (Å²) in [6, 6.07) is 9.82. The zero-order valence-electron chi connectivity index (χ0n) is 11.0. The Kier molecular flexibility index (Phi) is 3.07. The molecule has 0 aromatic carbocycles. The molecule has 0 spiro atoms. The van der Waals surface area contributed by atoms with Gasteiger partial charge in [-0.05, 0) is 35.0 Å². The Balaban J connectivity index is 1.84. The molecule has 4 heterocycles. The predicted molar refractivity (Wildman–Crippen MR) is 86.6 cm³/mol. The van der Waals surface area contributed by atoms with Gasteiger partial charge in [-0.2, -0.15) is 16.4 Å². The number of thiophene rings is 2. The topological polar surface area (TPSA) is 56.2 Å². The standard InChI is InChI=1S/C15H12N4S2/c16-15(13-2-1-6-21-13)11-3-4-14-17-8-12(19(14)18-11)10-5-7-20-9-10/h1-9,15H,16H2. The first-order valence-electron chi connectivity index (χ1n) is 6.49. The zero-order chi connectivity index (χ0) is 14.2. The average molecular weight is 312 g/mol. The van der Waals surface area contributed by atoms with E-state index in [0.717, 1.165) is 27.5 Å². The van der Waals surface area contributed by atoms with Crippen molar-refractivity contribution in [3.05, 3.63) is 63.2 Å². The van der Waals surface area contributed by atoms with Crippen molar-refractivity contribution in [1.29, 1.82) is 0 Å². The number of nitrogens with zero attached hydrogens (tertiary/aromatic N) is 3. The molecule has 4 nitrogen and oxygen atoms in total. The van der Waals surface area contributed by atoms with E-state index >= 15 is 0 Å². The molecule has 4 aromatic rings. The average Bonchev–Trinajstić information content (AvgIpc) is 3.25. The van der Waals surface area contributed by atoms with Crippen molar-refractivity contribution >= 4 is 28.3 Å². The molecule has 2 N–H and O–H groups in total. The van der Waals surface area contributed by atoms with Gasteiger partial charge < -0.3 is 5.73 Å². The summed E-state index contributed by atoms with van der Waals surface area (Å²) in [7, 11) is 0. The normalized spacial score (nSPS) is 12.8. The highest BCUT2D eigenvalue weighted by atomic mass is 32.1. The predicted octanol–water partition coefficient (Wildman–Crippen LogP) is 3.57. The van der Waals surface area contributed by atoms with E-state index in [4.69, 9.17) is 5.73 Å². The molecule has 0 radical (unpaired) electrons. The van der Waals surface area contributed by atoms with Gasteiger partial charge >= 0.3 is 0 Å². The molecular formula is C15H12N4S2. The summed E-state index contributed by atoms with van der Waals surface area (Å²) in [6.45, 7) is 0. The number of hydrogen-bond acceptors (Lipinski definition) is 5. The van der Waals surface area contributed by atoms with Gasteiger partial charge in [0.1, 0.15) is 0 Å². The molecule has 0 fully saturated rings. The SMILES string of the molecule is NC(c1ccc2ncc(-c3ccsc3)n2n1)c1cccs1. The van der Waals surface area contributed by atoms with Crippen molar-refractivity contribution in [2.24, 2.45) is 5.73 Å². The molecule has 4 aromatic heterocycles. The van der Waals surface area contributed by atoms with Crippen LogP contribution in [0.2, 0.25) is 0 Å². The van der Waals surface area contributed by atoms with Gasteiger partial charge in [-0.3, -0.25) is 0 Å². The zero-order valence-corrected chi connectivity index (χ0v) is 12.6. The van der Waals surface area contributed by atoms with Crippen molar-refractivity contribution in [2.75, 3.05) is 0 Å². The summed E-state index contributed by atoms with van der Waals surface area (Å²) in [4.78, 5) is 5.51. The van der Waals surface area contributed by atoms with Gasteiger partial charge in [0.15, 0.2) is 5.65 Å². The van der Waals surface area contributed by atoms with Crippen molar-refractivity contribution in [3.8, 4) is 11.3 Å². The van der Waals surface area contributed by atoms with E-state index < -0.39 is 0 Å². The van der Waals surface area contributed by atoms with Gasteiger partial charge in [-0.25, -0.2) is 9.50 Å². The summed E-state index contributed by atoms with van der Waals surface area (Å²) in [5.74, 6) is 0. The second kappa shape index (κ2) is 5.07. The molecule has 0 aliphatic carbocycles. The maximum atomic E-state index is 6.31. The lowest BCUT2D eigenvalue weighted by Crippen LogP contribution is -2.14. The minimum atomic E-state index is -0.202. The lowest BCUT2D eigenvalue weighted by molar-refractivity contribution is 0.782. The first-order valence-corrected chi connectivity index (χ1v) is 8.31. The van der Waals surface area contributed by atoms with Crippen molar-refractivity contribution in [3.63, 3.8) is 0 Å². The van der Waals surface area contributed by atoms with Gasteiger partial charge in [0.25, 0.3) is 0 Å². The molecule has 104 valence electrons. The fourth-order valence-corrected chi connectivity index (χ4v) is 3.66. The van der Waals surface area contributed by atoms with Crippen LogP contribution >= 0.6 is 22.7 Å². The van der Waals surface area contributed by atoms with Crippen LogP contribution in [0.5, 0.6) is 0 Å². The Morgan fingerprint density at radius 2 is 2.10 bits per heavy atom. The molecular weight excluding hydrogens is 300 g/mol. The largest absolute Gasteiger partial charge is 0.318 e. The first kappa shape index (κ1) is 12.7. The minimum Gasteiger partial charge on any atom is -0.318 e. The third-order valence-electron chi connectivity index (χ3n) is 3.37. The van der Waals surface area contributed by atoms with E-state index in [1.807, 2.05) is 40.4 Å². The molecule has 0 saturated carbocycles. The minimum absolute atomic E-state index is 0.202. The van der Waals surface area contributed by atoms with E-state index in [1.165, 1.54) is 0 Å². The third-order valence-corrected chi connectivity index (χ3v) is 5.01. The molecule has 0 bridgehead atoms. The van der Waals surface area contributed by atoms with Crippen LogP contribution in [0, 0.1) is 0 Å². The molecule has 4 rings (SSSR count). The van der Waals surface area contributed by atoms with E-state index in [0.29, 0.717) is 0 Å². The van der Waals surface area contributed by atoms with Gasteiger partial charge in [0, 0.05) is 15.8 Å². The number of rotatable bonds is 3. The Labute approximate surface area is 129 Å². The van der Waals surface area contributed by atoms with Crippen LogP contribution in [0.4, 0.5) is 0 Å². The third kappa shape index (κ3) is 2.17. The highest BCUT2D eigenvalue weighted by molar-refractivity contribution is 7.10.